The van der Waals surface area contributed by atoms with Crippen LogP contribution >= 0.6 is 0 Å². The van der Waals surface area contributed by atoms with Gasteiger partial charge in [0.1, 0.15) is 0 Å². The van der Waals surface area contributed by atoms with Crippen molar-refractivity contribution in [2.75, 3.05) is 20.8 Å². The van der Waals surface area contributed by atoms with Crippen LogP contribution in [0.15, 0.2) is 0 Å². The van der Waals surface area contributed by atoms with Crippen molar-refractivity contribution in [2.45, 2.75) is 19.8 Å². The van der Waals surface area contributed by atoms with Gasteiger partial charge in [0, 0.05) is 20.8 Å². The third-order valence-electron chi connectivity index (χ3n) is 1.14. The van der Waals surface area contributed by atoms with E-state index in [-0.39, 0.29) is 0 Å². The first kappa shape index (κ1) is 10.1. The molecule has 0 aromatic carbocycles. The lowest BCUT2D eigenvalue weighted by Gasteiger charge is -2.10. The maximum absolute atomic E-state index is 5.28. The molecule has 0 aliphatic heterocycles. The van der Waals surface area contributed by atoms with Gasteiger partial charge in [0.15, 0.2) is 0 Å². The van der Waals surface area contributed by atoms with Crippen molar-refractivity contribution >= 4 is 9.53 Å². The summed E-state index contributed by atoms with van der Waals surface area (Å²) in [5.41, 5.74) is 0. The van der Waals surface area contributed by atoms with Crippen molar-refractivity contribution in [3.8, 4) is 0 Å². The van der Waals surface area contributed by atoms with Crippen molar-refractivity contribution in [3.05, 3.63) is 0 Å². The molecule has 0 atom stereocenters. The van der Waals surface area contributed by atoms with Crippen molar-refractivity contribution in [1.82, 2.24) is 0 Å². The summed E-state index contributed by atoms with van der Waals surface area (Å²) < 4.78 is 15.2. The summed E-state index contributed by atoms with van der Waals surface area (Å²) in [4.78, 5) is 0. The van der Waals surface area contributed by atoms with E-state index in [0.29, 0.717) is 0 Å². The Bertz CT molecular complexity index is 66.0. The van der Waals surface area contributed by atoms with Gasteiger partial charge in [-0.15, -0.1) is 0 Å². The Labute approximate surface area is 64.3 Å². The average molecular weight is 164 g/mol. The molecule has 0 bridgehead atoms. The van der Waals surface area contributed by atoms with E-state index in [1.54, 1.807) is 14.2 Å². The molecule has 3 nitrogen and oxygen atoms in total. The maximum Gasteiger partial charge on any atom is 0.483 e. The van der Waals surface area contributed by atoms with E-state index < -0.39 is 9.53 Å². The predicted octanol–water partition coefficient (Wildman–Crippen LogP) is 0.813. The summed E-state index contributed by atoms with van der Waals surface area (Å²) in [6, 6.07) is 0. The second kappa shape index (κ2) is 7.21. The maximum atomic E-state index is 5.28. The molecular formula is C6H16O3Si. The van der Waals surface area contributed by atoms with E-state index in [1.165, 1.54) is 0 Å². The molecule has 0 unspecified atom stereocenters. The summed E-state index contributed by atoms with van der Waals surface area (Å²) in [6.07, 6.45) is 2.23. The summed E-state index contributed by atoms with van der Waals surface area (Å²) in [7, 11) is 1.51. The van der Waals surface area contributed by atoms with Gasteiger partial charge in [-0.3, -0.25) is 0 Å². The molecule has 0 fully saturated rings. The SMILES string of the molecule is CCCCO[SiH](OC)OC. The minimum atomic E-state index is -1.72. The standard InChI is InChI=1S/C6H16O3Si/c1-4-5-6-9-10(7-2)8-3/h10H,4-6H2,1-3H3. The molecule has 0 saturated heterocycles. The number of hydrogen-bond donors (Lipinski definition) is 0. The topological polar surface area (TPSA) is 27.7 Å². The minimum Gasteiger partial charge on any atom is -0.379 e. The van der Waals surface area contributed by atoms with Crippen LogP contribution in [0.3, 0.4) is 0 Å². The van der Waals surface area contributed by atoms with Gasteiger partial charge in [-0.05, 0) is 6.42 Å². The van der Waals surface area contributed by atoms with Gasteiger partial charge >= 0.3 is 9.53 Å². The average Bonchev–Trinajstić information content (AvgIpc) is 1.99. The molecule has 0 rings (SSSR count). The third kappa shape index (κ3) is 4.93. The largest absolute Gasteiger partial charge is 0.483 e. The zero-order valence-corrected chi connectivity index (χ0v) is 8.08. The van der Waals surface area contributed by atoms with E-state index in [2.05, 4.69) is 6.92 Å². The lowest BCUT2D eigenvalue weighted by Crippen LogP contribution is -2.24. The summed E-state index contributed by atoms with van der Waals surface area (Å²) in [5, 5.41) is 0. The van der Waals surface area contributed by atoms with Crippen LogP contribution in [0.5, 0.6) is 0 Å². The van der Waals surface area contributed by atoms with Crippen molar-refractivity contribution in [3.63, 3.8) is 0 Å². The van der Waals surface area contributed by atoms with Crippen LogP contribution in [-0.2, 0) is 13.3 Å². The van der Waals surface area contributed by atoms with Gasteiger partial charge in [0.2, 0.25) is 0 Å². The molecule has 0 aromatic rings. The molecule has 0 aliphatic carbocycles. The van der Waals surface area contributed by atoms with Crippen LogP contribution in [0.1, 0.15) is 19.8 Å². The number of hydrogen-bond acceptors (Lipinski definition) is 3. The van der Waals surface area contributed by atoms with Crippen LogP contribution in [0.4, 0.5) is 0 Å². The molecule has 0 spiro atoms. The number of unbranched alkanes of at least 4 members (excludes halogenated alkanes) is 1. The fraction of sp³-hybridized carbons (Fsp3) is 1.00. The number of rotatable bonds is 6. The first-order valence-corrected chi connectivity index (χ1v) is 4.93. The van der Waals surface area contributed by atoms with Gasteiger partial charge in [0.25, 0.3) is 0 Å². The first-order valence-electron chi connectivity index (χ1n) is 3.52. The van der Waals surface area contributed by atoms with Crippen molar-refractivity contribution in [2.24, 2.45) is 0 Å². The fourth-order valence-corrected chi connectivity index (χ4v) is 1.38. The second-order valence-corrected chi connectivity index (χ2v) is 3.84. The van der Waals surface area contributed by atoms with Gasteiger partial charge in [-0.2, -0.15) is 0 Å². The highest BCUT2D eigenvalue weighted by atomic mass is 28.3. The Hall–Kier alpha value is 0.0969. The molecule has 0 heterocycles. The normalized spacial score (nSPS) is 10.8. The summed E-state index contributed by atoms with van der Waals surface area (Å²) in [6.45, 7) is 2.88. The minimum absolute atomic E-state index is 0.759. The fourth-order valence-electron chi connectivity index (χ4n) is 0.556. The summed E-state index contributed by atoms with van der Waals surface area (Å²) in [5.74, 6) is 0. The molecular weight excluding hydrogens is 148 g/mol. The molecule has 0 radical (unpaired) electrons. The highest BCUT2D eigenvalue weighted by molar-refractivity contribution is 6.36. The van der Waals surface area contributed by atoms with Crippen LogP contribution in [0.2, 0.25) is 0 Å². The van der Waals surface area contributed by atoms with Gasteiger partial charge < -0.3 is 13.3 Å². The lowest BCUT2D eigenvalue weighted by molar-refractivity contribution is 0.134. The molecule has 10 heavy (non-hydrogen) atoms. The molecule has 0 aromatic heterocycles. The van der Waals surface area contributed by atoms with Crippen LogP contribution in [0, 0.1) is 0 Å². The zero-order valence-electron chi connectivity index (χ0n) is 6.92. The van der Waals surface area contributed by atoms with Crippen LogP contribution in [0.25, 0.3) is 0 Å². The zero-order chi connectivity index (χ0) is 7.82. The van der Waals surface area contributed by atoms with E-state index in [1.807, 2.05) is 0 Å². The quantitative estimate of drug-likeness (QED) is 0.429. The summed E-state index contributed by atoms with van der Waals surface area (Å²) >= 11 is 0. The highest BCUT2D eigenvalue weighted by Gasteiger charge is 2.08. The predicted molar refractivity (Wildman–Crippen MR) is 42.0 cm³/mol. The molecule has 4 heteroatoms. The lowest BCUT2D eigenvalue weighted by atomic mass is 10.4. The molecule has 0 amide bonds. The Morgan fingerprint density at radius 3 is 2.20 bits per heavy atom. The van der Waals surface area contributed by atoms with Crippen LogP contribution in [-0.4, -0.2) is 30.4 Å². The smallest absolute Gasteiger partial charge is 0.379 e. The Morgan fingerprint density at radius 2 is 1.80 bits per heavy atom. The molecule has 0 N–H and O–H groups in total. The van der Waals surface area contributed by atoms with E-state index >= 15 is 0 Å². The molecule has 62 valence electrons. The van der Waals surface area contributed by atoms with E-state index in [9.17, 15) is 0 Å². The van der Waals surface area contributed by atoms with Crippen molar-refractivity contribution < 1.29 is 13.3 Å². The second-order valence-electron chi connectivity index (χ2n) is 1.98. The Kier molecular flexibility index (Phi) is 7.28. The molecule has 0 saturated carbocycles. The van der Waals surface area contributed by atoms with Gasteiger partial charge in [0.05, 0.1) is 0 Å². The third-order valence-corrected chi connectivity index (χ3v) is 2.41. The Balaban J connectivity index is 3.09. The van der Waals surface area contributed by atoms with E-state index in [4.69, 9.17) is 13.3 Å². The van der Waals surface area contributed by atoms with E-state index in [0.717, 1.165) is 19.4 Å². The van der Waals surface area contributed by atoms with Crippen molar-refractivity contribution in [1.29, 1.82) is 0 Å². The van der Waals surface area contributed by atoms with Gasteiger partial charge in [-0.1, -0.05) is 13.3 Å². The first-order chi connectivity index (χ1) is 4.85. The molecule has 0 aliphatic rings. The monoisotopic (exact) mass is 164 g/mol. The van der Waals surface area contributed by atoms with Gasteiger partial charge in [-0.25, -0.2) is 0 Å². The Morgan fingerprint density at radius 1 is 1.20 bits per heavy atom. The highest BCUT2D eigenvalue weighted by Crippen LogP contribution is 1.92. The van der Waals surface area contributed by atoms with Crippen LogP contribution < -0.4 is 0 Å².